The van der Waals surface area contributed by atoms with Gasteiger partial charge in [0.15, 0.2) is 6.61 Å². The minimum Gasteiger partial charge on any atom is -0.483 e. The summed E-state index contributed by atoms with van der Waals surface area (Å²) in [6.07, 6.45) is 0.366. The lowest BCUT2D eigenvalue weighted by atomic mass is 9.96. The Kier molecular flexibility index (Phi) is 5.52. The molecule has 1 aromatic rings. The maximum atomic E-state index is 12.1. The molecule has 0 saturated carbocycles. The van der Waals surface area contributed by atoms with E-state index in [1.165, 1.54) is 0 Å². The first-order valence-corrected chi connectivity index (χ1v) is 8.42. The Labute approximate surface area is 144 Å². The third-order valence-electron chi connectivity index (χ3n) is 4.16. The van der Waals surface area contributed by atoms with Crippen LogP contribution in [-0.2, 0) is 9.59 Å². The highest BCUT2D eigenvalue weighted by Crippen LogP contribution is 2.21. The molecule has 0 radical (unpaired) electrons. The van der Waals surface area contributed by atoms with Gasteiger partial charge in [-0.15, -0.1) is 0 Å². The smallest absolute Gasteiger partial charge is 0.258 e. The number of hydrogen-bond donors (Lipinski definition) is 1. The van der Waals surface area contributed by atoms with Crippen LogP contribution in [0.2, 0.25) is 0 Å². The number of ether oxygens (including phenoxy) is 1. The van der Waals surface area contributed by atoms with Crippen LogP contribution in [0.5, 0.6) is 5.75 Å². The maximum absolute atomic E-state index is 12.1. The average Bonchev–Trinajstić information content (AvgIpc) is 2.78. The number of hydrogen-bond acceptors (Lipinski definition) is 3. The van der Waals surface area contributed by atoms with Gasteiger partial charge in [0, 0.05) is 19.5 Å². The van der Waals surface area contributed by atoms with Crippen molar-refractivity contribution >= 4 is 11.8 Å². The fraction of sp³-hybridized carbons (Fsp3) is 0.579. The molecule has 24 heavy (non-hydrogen) atoms. The quantitative estimate of drug-likeness (QED) is 0.901. The van der Waals surface area contributed by atoms with Crippen LogP contribution in [-0.4, -0.2) is 42.5 Å². The van der Waals surface area contributed by atoms with Gasteiger partial charge in [-0.05, 0) is 36.5 Å². The van der Waals surface area contributed by atoms with E-state index in [4.69, 9.17) is 4.74 Å². The van der Waals surface area contributed by atoms with Crippen LogP contribution >= 0.6 is 0 Å². The number of carbonyl (C=O) groups excluding carboxylic acids is 2. The lowest BCUT2D eigenvalue weighted by molar-refractivity contribution is -0.128. The molecule has 0 unspecified atom stereocenters. The second-order valence-electron chi connectivity index (χ2n) is 7.79. The Morgan fingerprint density at radius 1 is 1.33 bits per heavy atom. The van der Waals surface area contributed by atoms with E-state index in [1.807, 2.05) is 36.9 Å². The van der Waals surface area contributed by atoms with Crippen LogP contribution in [0.4, 0.5) is 0 Å². The Morgan fingerprint density at radius 3 is 2.71 bits per heavy atom. The van der Waals surface area contributed by atoms with Crippen molar-refractivity contribution in [1.82, 2.24) is 10.2 Å². The summed E-state index contributed by atoms with van der Waals surface area (Å²) in [5, 5.41) is 2.90. The molecular formula is C19H28N2O3. The lowest BCUT2D eigenvalue weighted by Crippen LogP contribution is -2.41. The monoisotopic (exact) mass is 332 g/mol. The molecule has 2 amide bonds. The maximum Gasteiger partial charge on any atom is 0.258 e. The first kappa shape index (κ1) is 18.3. The third kappa shape index (κ3) is 4.98. The molecule has 132 valence electrons. The van der Waals surface area contributed by atoms with E-state index in [2.05, 4.69) is 26.1 Å². The van der Waals surface area contributed by atoms with Crippen LogP contribution in [0, 0.1) is 19.3 Å². The van der Waals surface area contributed by atoms with Crippen molar-refractivity contribution in [2.75, 3.05) is 19.7 Å². The number of carbonyl (C=O) groups is 2. The summed E-state index contributed by atoms with van der Waals surface area (Å²) in [7, 11) is 0. The van der Waals surface area contributed by atoms with Gasteiger partial charge in [0.05, 0.1) is 6.04 Å². The highest BCUT2D eigenvalue weighted by Gasteiger charge is 2.32. The fourth-order valence-electron chi connectivity index (χ4n) is 2.89. The topological polar surface area (TPSA) is 58.6 Å². The molecule has 1 N–H and O–H groups in total. The van der Waals surface area contributed by atoms with Crippen molar-refractivity contribution in [3.63, 3.8) is 0 Å². The highest BCUT2D eigenvalue weighted by atomic mass is 16.5. The highest BCUT2D eigenvalue weighted by molar-refractivity contribution is 5.82. The van der Waals surface area contributed by atoms with Crippen molar-refractivity contribution in [3.05, 3.63) is 29.3 Å². The molecule has 0 aliphatic carbocycles. The van der Waals surface area contributed by atoms with Gasteiger partial charge in [-0.2, -0.15) is 0 Å². The standard InChI is InChI=1S/C19H28N2O3/c1-13-7-6-8-16(14(13)2)24-11-17(22)20-15-9-18(23)21(10-15)12-19(3,4)5/h6-8,15H,9-12H2,1-5H3,(H,20,22)/t15-/m0/s1. The van der Waals surface area contributed by atoms with Gasteiger partial charge in [0.25, 0.3) is 5.91 Å². The molecule has 0 spiro atoms. The molecule has 1 fully saturated rings. The number of likely N-dealkylation sites (tertiary alicyclic amines) is 1. The van der Waals surface area contributed by atoms with Crippen molar-refractivity contribution in [2.24, 2.45) is 5.41 Å². The molecule has 1 atom stereocenters. The molecule has 5 heteroatoms. The molecule has 1 aliphatic rings. The molecule has 0 aromatic heterocycles. The first-order chi connectivity index (χ1) is 11.2. The van der Waals surface area contributed by atoms with Crippen LogP contribution in [0.1, 0.15) is 38.3 Å². The Morgan fingerprint density at radius 2 is 2.04 bits per heavy atom. The molecule has 1 aliphatic heterocycles. The molecule has 5 nitrogen and oxygen atoms in total. The van der Waals surface area contributed by atoms with Crippen LogP contribution < -0.4 is 10.1 Å². The molecule has 0 bridgehead atoms. The van der Waals surface area contributed by atoms with Crippen molar-refractivity contribution in [3.8, 4) is 5.75 Å². The van der Waals surface area contributed by atoms with Crippen molar-refractivity contribution in [1.29, 1.82) is 0 Å². The summed E-state index contributed by atoms with van der Waals surface area (Å²) >= 11 is 0. The zero-order chi connectivity index (χ0) is 17.9. The van der Waals surface area contributed by atoms with Gasteiger partial charge in [-0.25, -0.2) is 0 Å². The largest absolute Gasteiger partial charge is 0.483 e. The van der Waals surface area contributed by atoms with E-state index < -0.39 is 0 Å². The zero-order valence-corrected chi connectivity index (χ0v) is 15.3. The van der Waals surface area contributed by atoms with E-state index in [0.717, 1.165) is 16.9 Å². The predicted octanol–water partition coefficient (Wildman–Crippen LogP) is 2.45. The molecule has 1 saturated heterocycles. The van der Waals surface area contributed by atoms with E-state index >= 15 is 0 Å². The molecule has 1 heterocycles. The summed E-state index contributed by atoms with van der Waals surface area (Å²) in [5.41, 5.74) is 2.23. The Bertz CT molecular complexity index is 620. The van der Waals surface area contributed by atoms with Gasteiger partial charge in [0.1, 0.15) is 5.75 Å². The van der Waals surface area contributed by atoms with E-state index in [0.29, 0.717) is 19.5 Å². The lowest BCUT2D eigenvalue weighted by Gasteiger charge is -2.26. The number of rotatable bonds is 5. The van der Waals surface area contributed by atoms with Gasteiger partial charge in [0.2, 0.25) is 5.91 Å². The average molecular weight is 332 g/mol. The normalized spacial score (nSPS) is 18.0. The van der Waals surface area contributed by atoms with Gasteiger partial charge in [-0.1, -0.05) is 32.9 Å². The Balaban J connectivity index is 1.83. The fourth-order valence-corrected chi connectivity index (χ4v) is 2.89. The number of aryl methyl sites for hydroxylation is 1. The van der Waals surface area contributed by atoms with Gasteiger partial charge in [-0.3, -0.25) is 9.59 Å². The number of nitrogens with one attached hydrogen (secondary N) is 1. The van der Waals surface area contributed by atoms with Gasteiger partial charge < -0.3 is 15.0 Å². The van der Waals surface area contributed by atoms with E-state index in [-0.39, 0.29) is 29.9 Å². The molecular weight excluding hydrogens is 304 g/mol. The van der Waals surface area contributed by atoms with Gasteiger partial charge >= 0.3 is 0 Å². The molecule has 1 aromatic carbocycles. The van der Waals surface area contributed by atoms with Crippen LogP contribution in [0.25, 0.3) is 0 Å². The summed E-state index contributed by atoms with van der Waals surface area (Å²) in [5.74, 6) is 0.638. The zero-order valence-electron chi connectivity index (χ0n) is 15.3. The molecule has 2 rings (SSSR count). The second kappa shape index (κ2) is 7.24. The predicted molar refractivity (Wildman–Crippen MR) is 94.0 cm³/mol. The summed E-state index contributed by atoms with van der Waals surface area (Å²) in [6, 6.07) is 5.65. The van der Waals surface area contributed by atoms with E-state index in [1.54, 1.807) is 0 Å². The summed E-state index contributed by atoms with van der Waals surface area (Å²) in [4.78, 5) is 26.0. The minimum absolute atomic E-state index is 0.0335. The van der Waals surface area contributed by atoms with Crippen molar-refractivity contribution in [2.45, 2.75) is 47.1 Å². The SMILES string of the molecule is Cc1cccc(OCC(=O)N[C@H]2CC(=O)N(CC(C)(C)C)C2)c1C. The third-order valence-corrected chi connectivity index (χ3v) is 4.16. The number of nitrogens with zero attached hydrogens (tertiary/aromatic N) is 1. The minimum atomic E-state index is -0.189. The second-order valence-corrected chi connectivity index (χ2v) is 7.79. The van der Waals surface area contributed by atoms with E-state index in [9.17, 15) is 9.59 Å². The number of benzene rings is 1. The summed E-state index contributed by atoms with van der Waals surface area (Å²) < 4.78 is 5.61. The Hall–Kier alpha value is -2.04. The number of amides is 2. The first-order valence-electron chi connectivity index (χ1n) is 8.42. The summed E-state index contributed by atoms with van der Waals surface area (Å²) in [6.45, 7) is 11.5. The van der Waals surface area contributed by atoms with Crippen LogP contribution in [0.3, 0.4) is 0 Å². The van der Waals surface area contributed by atoms with Crippen molar-refractivity contribution < 1.29 is 14.3 Å². The van der Waals surface area contributed by atoms with Crippen LogP contribution in [0.15, 0.2) is 18.2 Å².